The highest BCUT2D eigenvalue weighted by Gasteiger charge is 2.05. The Kier molecular flexibility index (Phi) is 3.64. The predicted molar refractivity (Wildman–Crippen MR) is 40.5 cm³/mol. The summed E-state index contributed by atoms with van der Waals surface area (Å²) in [5, 5.41) is 8.58. The Bertz CT molecular complexity index is 174. The van der Waals surface area contributed by atoms with E-state index in [1.165, 1.54) is 11.8 Å². The van der Waals surface area contributed by atoms with E-state index in [9.17, 15) is 4.79 Å². The predicted octanol–water partition coefficient (Wildman–Crippen LogP) is 1.44. The van der Waals surface area contributed by atoms with Crippen LogP contribution in [0.3, 0.4) is 0 Å². The van der Waals surface area contributed by atoms with Gasteiger partial charge in [-0.25, -0.2) is 4.79 Å². The molecule has 1 N–H and O–H groups in total. The smallest absolute Gasteiger partial charge is 0.371 e. The summed E-state index contributed by atoms with van der Waals surface area (Å²) in [6.07, 6.45) is 1.73. The lowest BCUT2D eigenvalue weighted by molar-refractivity contribution is -0.135. The van der Waals surface area contributed by atoms with Crippen molar-refractivity contribution in [3.8, 4) is 0 Å². The van der Waals surface area contributed by atoms with Gasteiger partial charge in [-0.1, -0.05) is 11.8 Å². The molecule has 0 spiro atoms. The lowest BCUT2D eigenvalue weighted by atomic mass is 10.6. The molecule has 10 heavy (non-hydrogen) atoms. The van der Waals surface area contributed by atoms with Crippen molar-refractivity contribution in [2.45, 2.75) is 0 Å². The average Bonchev–Trinajstić information content (AvgIpc) is 1.87. The van der Waals surface area contributed by atoms with Crippen LogP contribution >= 0.6 is 11.8 Å². The summed E-state index contributed by atoms with van der Waals surface area (Å²) in [4.78, 5) is 10.1. The van der Waals surface area contributed by atoms with Crippen molar-refractivity contribution >= 4 is 17.7 Å². The van der Waals surface area contributed by atoms with E-state index in [0.29, 0.717) is 5.09 Å². The second-order valence-corrected chi connectivity index (χ2v) is 2.27. The zero-order chi connectivity index (χ0) is 8.15. The third-order valence-electron chi connectivity index (χ3n) is 0.703. The normalized spacial score (nSPS) is 8.50. The first kappa shape index (κ1) is 9.10. The molecule has 0 radical (unpaired) electrons. The number of hydrogen-bond donors (Lipinski definition) is 1. The van der Waals surface area contributed by atoms with E-state index in [-0.39, 0.29) is 5.76 Å². The van der Waals surface area contributed by atoms with Crippen molar-refractivity contribution in [3.05, 3.63) is 24.0 Å². The molecule has 0 saturated carbocycles. The van der Waals surface area contributed by atoms with Crippen LogP contribution in [0, 0.1) is 0 Å². The van der Waals surface area contributed by atoms with E-state index >= 15 is 0 Å². The van der Waals surface area contributed by atoms with E-state index < -0.39 is 5.97 Å². The number of ether oxygens (including phenoxy) is 1. The number of carboxylic acid groups (broad SMARTS) is 1. The van der Waals surface area contributed by atoms with Gasteiger partial charge in [-0.3, -0.25) is 0 Å². The van der Waals surface area contributed by atoms with E-state index in [2.05, 4.69) is 17.9 Å². The molecule has 0 bridgehead atoms. The molecule has 0 aliphatic rings. The standard InChI is InChI=1S/C6H8O3S/c1-4(6(7)8)9-5(2)10-3/h1-2H2,3H3,(H,7,8). The van der Waals surface area contributed by atoms with Gasteiger partial charge in [0.1, 0.15) is 0 Å². The first-order valence-electron chi connectivity index (χ1n) is 2.41. The van der Waals surface area contributed by atoms with Crippen molar-refractivity contribution in [2.24, 2.45) is 0 Å². The molecule has 0 amide bonds. The molecule has 0 fully saturated rings. The maximum absolute atomic E-state index is 10.1. The van der Waals surface area contributed by atoms with Gasteiger partial charge in [0.15, 0.2) is 5.09 Å². The van der Waals surface area contributed by atoms with Gasteiger partial charge in [0.2, 0.25) is 5.76 Å². The molecule has 0 saturated heterocycles. The summed E-state index contributed by atoms with van der Waals surface area (Å²) < 4.78 is 4.64. The maximum Gasteiger partial charge on any atom is 0.371 e. The second kappa shape index (κ2) is 4.00. The third kappa shape index (κ3) is 3.19. The van der Waals surface area contributed by atoms with Crippen LogP contribution in [0.1, 0.15) is 0 Å². The molecular weight excluding hydrogens is 152 g/mol. The average molecular weight is 160 g/mol. The molecule has 56 valence electrons. The minimum absolute atomic E-state index is 0.306. The second-order valence-electron chi connectivity index (χ2n) is 1.41. The number of thioether (sulfide) groups is 1. The largest absolute Gasteiger partial charge is 0.475 e. The molecule has 0 aromatic carbocycles. The van der Waals surface area contributed by atoms with E-state index in [4.69, 9.17) is 5.11 Å². The zero-order valence-electron chi connectivity index (χ0n) is 5.59. The van der Waals surface area contributed by atoms with Gasteiger partial charge in [0.05, 0.1) is 0 Å². The van der Waals surface area contributed by atoms with Crippen molar-refractivity contribution in [2.75, 3.05) is 6.26 Å². The van der Waals surface area contributed by atoms with Crippen LogP contribution in [-0.2, 0) is 9.53 Å². The summed E-state index contributed by atoms with van der Waals surface area (Å²) in [6.45, 7) is 6.56. The molecule has 4 heteroatoms. The molecule has 0 unspecified atom stereocenters. The highest BCUT2D eigenvalue weighted by molar-refractivity contribution is 8.02. The molecule has 0 rings (SSSR count). The van der Waals surface area contributed by atoms with Gasteiger partial charge < -0.3 is 9.84 Å². The van der Waals surface area contributed by atoms with Crippen LogP contribution in [0.4, 0.5) is 0 Å². The lowest BCUT2D eigenvalue weighted by Gasteiger charge is -2.03. The fourth-order valence-electron chi connectivity index (χ4n) is 0.223. The van der Waals surface area contributed by atoms with Gasteiger partial charge in [-0.2, -0.15) is 0 Å². The molecule has 0 aliphatic carbocycles. The number of carbonyl (C=O) groups is 1. The molecule has 3 nitrogen and oxygen atoms in total. The Morgan fingerprint density at radius 3 is 2.40 bits per heavy atom. The van der Waals surface area contributed by atoms with Gasteiger partial charge in [0, 0.05) is 0 Å². The highest BCUT2D eigenvalue weighted by atomic mass is 32.2. The van der Waals surface area contributed by atoms with Crippen molar-refractivity contribution in [1.82, 2.24) is 0 Å². The Balaban J connectivity index is 3.80. The fraction of sp³-hybridized carbons (Fsp3) is 0.167. The van der Waals surface area contributed by atoms with E-state index in [1.807, 2.05) is 0 Å². The van der Waals surface area contributed by atoms with E-state index in [0.717, 1.165) is 0 Å². The summed E-state index contributed by atoms with van der Waals surface area (Å²) in [6, 6.07) is 0. The van der Waals surface area contributed by atoms with Crippen molar-refractivity contribution in [3.63, 3.8) is 0 Å². The molecule has 0 atom stereocenters. The van der Waals surface area contributed by atoms with Crippen LogP contribution in [-0.4, -0.2) is 17.3 Å². The van der Waals surface area contributed by atoms with Gasteiger partial charge in [-0.15, -0.1) is 0 Å². The van der Waals surface area contributed by atoms with Gasteiger partial charge >= 0.3 is 5.97 Å². The summed E-state index contributed by atoms with van der Waals surface area (Å²) in [7, 11) is 0. The fourth-order valence-corrected chi connectivity index (χ4v) is 0.407. The van der Waals surface area contributed by atoms with Gasteiger partial charge in [-0.05, 0) is 19.4 Å². The number of aliphatic carboxylic acids is 1. The summed E-state index contributed by atoms with van der Waals surface area (Å²) in [5.41, 5.74) is 0. The highest BCUT2D eigenvalue weighted by Crippen LogP contribution is 2.13. The van der Waals surface area contributed by atoms with Crippen LogP contribution in [0.25, 0.3) is 0 Å². The number of carboxylic acids is 1. The van der Waals surface area contributed by atoms with Crippen LogP contribution in [0.5, 0.6) is 0 Å². The molecular formula is C6H8O3S. The third-order valence-corrected chi connectivity index (χ3v) is 1.24. The summed E-state index contributed by atoms with van der Waals surface area (Å²) >= 11 is 1.23. The number of hydrogen-bond acceptors (Lipinski definition) is 3. The minimum Gasteiger partial charge on any atom is -0.475 e. The topological polar surface area (TPSA) is 46.5 Å². The van der Waals surface area contributed by atoms with Crippen LogP contribution in [0.15, 0.2) is 24.0 Å². The Hall–Kier alpha value is -0.900. The van der Waals surface area contributed by atoms with Crippen LogP contribution in [0.2, 0.25) is 0 Å². The first-order chi connectivity index (χ1) is 4.57. The van der Waals surface area contributed by atoms with Gasteiger partial charge in [0.25, 0.3) is 0 Å². The lowest BCUT2D eigenvalue weighted by Crippen LogP contribution is -2.01. The Labute approximate surface area is 63.4 Å². The first-order valence-corrected chi connectivity index (χ1v) is 3.63. The SMILES string of the molecule is C=C(OC(=C)C(=O)O)SC. The molecule has 0 heterocycles. The zero-order valence-corrected chi connectivity index (χ0v) is 6.40. The number of rotatable bonds is 4. The Morgan fingerprint density at radius 1 is 1.60 bits per heavy atom. The van der Waals surface area contributed by atoms with Crippen molar-refractivity contribution < 1.29 is 14.6 Å². The molecule has 0 aliphatic heterocycles. The minimum atomic E-state index is -1.17. The quantitative estimate of drug-likeness (QED) is 0.499. The van der Waals surface area contributed by atoms with E-state index in [1.54, 1.807) is 6.26 Å². The molecule has 0 aromatic rings. The Morgan fingerprint density at radius 2 is 2.10 bits per heavy atom. The molecule has 0 aromatic heterocycles. The monoisotopic (exact) mass is 160 g/mol. The summed E-state index contributed by atoms with van der Waals surface area (Å²) in [5.74, 6) is -1.48. The maximum atomic E-state index is 10.1. The van der Waals surface area contributed by atoms with Crippen molar-refractivity contribution in [1.29, 1.82) is 0 Å². The van der Waals surface area contributed by atoms with Crippen LogP contribution < -0.4 is 0 Å².